The van der Waals surface area contributed by atoms with Crippen LogP contribution in [0.25, 0.3) is 0 Å². The standard InChI is InChI=1S/C14H11BrN2O4/c1-8-6-9(15)2-5-12(8)16-13-7-10(17(20)21)3-4-11(13)14(18)19/h2-7,16H,1H3,(H,18,19). The molecular formula is C14H11BrN2O4. The summed E-state index contributed by atoms with van der Waals surface area (Å²) in [6.45, 7) is 1.85. The van der Waals surface area contributed by atoms with Crippen LogP contribution in [-0.4, -0.2) is 16.0 Å². The number of anilines is 2. The molecule has 0 bridgehead atoms. The van der Waals surface area contributed by atoms with Crippen molar-refractivity contribution in [3.63, 3.8) is 0 Å². The molecule has 2 aromatic carbocycles. The van der Waals surface area contributed by atoms with Crippen molar-refractivity contribution in [2.45, 2.75) is 6.92 Å². The second-order valence-electron chi connectivity index (χ2n) is 4.38. The lowest BCUT2D eigenvalue weighted by Gasteiger charge is -2.12. The van der Waals surface area contributed by atoms with Gasteiger partial charge < -0.3 is 10.4 Å². The van der Waals surface area contributed by atoms with Crippen LogP contribution in [0.3, 0.4) is 0 Å². The van der Waals surface area contributed by atoms with Gasteiger partial charge in [0.05, 0.1) is 16.2 Å². The quantitative estimate of drug-likeness (QED) is 0.639. The number of carboxylic acids is 1. The third kappa shape index (κ3) is 3.38. The summed E-state index contributed by atoms with van der Waals surface area (Å²) < 4.78 is 0.892. The van der Waals surface area contributed by atoms with Gasteiger partial charge in [-0.1, -0.05) is 15.9 Å². The number of hydrogen-bond donors (Lipinski definition) is 2. The Kier molecular flexibility index (Phi) is 4.23. The van der Waals surface area contributed by atoms with E-state index >= 15 is 0 Å². The summed E-state index contributed by atoms with van der Waals surface area (Å²) in [4.78, 5) is 21.5. The number of halogens is 1. The number of carbonyl (C=O) groups is 1. The predicted octanol–water partition coefficient (Wildman–Crippen LogP) is 4.11. The molecule has 0 amide bonds. The molecule has 0 atom stereocenters. The number of nitrogens with one attached hydrogen (secondary N) is 1. The first kappa shape index (κ1) is 15.0. The van der Waals surface area contributed by atoms with E-state index in [0.29, 0.717) is 5.69 Å². The molecule has 0 unspecified atom stereocenters. The molecule has 0 radical (unpaired) electrons. The van der Waals surface area contributed by atoms with Crippen LogP contribution in [0.4, 0.5) is 17.1 Å². The number of non-ortho nitro benzene ring substituents is 1. The van der Waals surface area contributed by atoms with Gasteiger partial charge in [0.2, 0.25) is 0 Å². The minimum absolute atomic E-state index is 0.0251. The number of carboxylic acid groups (broad SMARTS) is 1. The maximum atomic E-state index is 11.2. The fourth-order valence-electron chi connectivity index (χ4n) is 1.85. The molecule has 0 aliphatic heterocycles. The van der Waals surface area contributed by atoms with Crippen LogP contribution < -0.4 is 5.32 Å². The number of aromatic carboxylic acids is 1. The van der Waals surface area contributed by atoms with Crippen LogP contribution in [0, 0.1) is 17.0 Å². The van der Waals surface area contributed by atoms with Gasteiger partial charge >= 0.3 is 5.97 Å². The normalized spacial score (nSPS) is 10.2. The van der Waals surface area contributed by atoms with Crippen molar-refractivity contribution < 1.29 is 14.8 Å². The minimum Gasteiger partial charge on any atom is -0.478 e. The van der Waals surface area contributed by atoms with E-state index in [1.54, 1.807) is 12.1 Å². The van der Waals surface area contributed by atoms with E-state index < -0.39 is 10.9 Å². The largest absolute Gasteiger partial charge is 0.478 e. The third-order valence-corrected chi connectivity index (χ3v) is 3.40. The maximum absolute atomic E-state index is 11.2. The highest BCUT2D eigenvalue weighted by atomic mass is 79.9. The van der Waals surface area contributed by atoms with Crippen LogP contribution >= 0.6 is 15.9 Å². The van der Waals surface area contributed by atoms with Crippen LogP contribution in [-0.2, 0) is 0 Å². The molecule has 0 heterocycles. The van der Waals surface area contributed by atoms with Crippen molar-refractivity contribution >= 4 is 39.0 Å². The summed E-state index contributed by atoms with van der Waals surface area (Å²) in [5.41, 5.74) is 1.55. The summed E-state index contributed by atoms with van der Waals surface area (Å²) in [5.74, 6) is -1.15. The van der Waals surface area contributed by atoms with Crippen molar-refractivity contribution in [3.8, 4) is 0 Å². The highest BCUT2D eigenvalue weighted by Crippen LogP contribution is 2.28. The summed E-state index contributed by atoms with van der Waals surface area (Å²) >= 11 is 3.34. The number of rotatable bonds is 4. The molecule has 21 heavy (non-hydrogen) atoms. The average molecular weight is 351 g/mol. The van der Waals surface area contributed by atoms with Crippen LogP contribution in [0.2, 0.25) is 0 Å². The summed E-state index contributed by atoms with van der Waals surface area (Å²) in [6.07, 6.45) is 0. The minimum atomic E-state index is -1.15. The zero-order chi connectivity index (χ0) is 15.6. The Hall–Kier alpha value is -2.41. The molecule has 0 saturated heterocycles. The van der Waals surface area contributed by atoms with E-state index in [-0.39, 0.29) is 16.9 Å². The summed E-state index contributed by atoms with van der Waals surface area (Å²) in [5, 5.41) is 22.9. The fraction of sp³-hybridized carbons (Fsp3) is 0.0714. The van der Waals surface area contributed by atoms with Crippen LogP contribution in [0.1, 0.15) is 15.9 Å². The smallest absolute Gasteiger partial charge is 0.337 e. The summed E-state index contributed by atoms with van der Waals surface area (Å²) in [7, 11) is 0. The molecule has 7 heteroatoms. The highest BCUT2D eigenvalue weighted by molar-refractivity contribution is 9.10. The van der Waals surface area contributed by atoms with Gasteiger partial charge in [-0.15, -0.1) is 0 Å². The highest BCUT2D eigenvalue weighted by Gasteiger charge is 2.16. The van der Waals surface area contributed by atoms with E-state index in [0.717, 1.165) is 10.0 Å². The van der Waals surface area contributed by atoms with Gasteiger partial charge in [-0.3, -0.25) is 10.1 Å². The van der Waals surface area contributed by atoms with Gasteiger partial charge in [0, 0.05) is 22.3 Å². The molecule has 6 nitrogen and oxygen atoms in total. The van der Waals surface area contributed by atoms with E-state index in [2.05, 4.69) is 21.2 Å². The summed E-state index contributed by atoms with van der Waals surface area (Å²) in [6, 6.07) is 9.03. The number of nitro benzene ring substituents is 1. The molecule has 2 rings (SSSR count). The molecule has 0 aliphatic rings. The van der Waals surface area contributed by atoms with Crippen molar-refractivity contribution in [2.75, 3.05) is 5.32 Å². The fourth-order valence-corrected chi connectivity index (χ4v) is 2.32. The van der Waals surface area contributed by atoms with Crippen LogP contribution in [0.5, 0.6) is 0 Å². The van der Waals surface area contributed by atoms with E-state index in [1.165, 1.54) is 18.2 Å². The van der Waals surface area contributed by atoms with Gasteiger partial charge in [-0.05, 0) is 36.8 Å². The zero-order valence-electron chi connectivity index (χ0n) is 11.0. The van der Waals surface area contributed by atoms with Crippen molar-refractivity contribution in [1.29, 1.82) is 0 Å². The predicted molar refractivity (Wildman–Crippen MR) is 82.2 cm³/mol. The van der Waals surface area contributed by atoms with Crippen molar-refractivity contribution in [1.82, 2.24) is 0 Å². The Bertz CT molecular complexity index is 731. The molecule has 0 fully saturated rings. The van der Waals surface area contributed by atoms with Gasteiger partial charge in [0.25, 0.3) is 5.69 Å². The SMILES string of the molecule is Cc1cc(Br)ccc1Nc1cc([N+](=O)[O-])ccc1C(=O)O. The lowest BCUT2D eigenvalue weighted by molar-refractivity contribution is -0.384. The van der Waals surface area contributed by atoms with Gasteiger partial charge in [-0.25, -0.2) is 4.79 Å². The first-order valence-electron chi connectivity index (χ1n) is 5.93. The molecule has 2 N–H and O–H groups in total. The first-order valence-corrected chi connectivity index (χ1v) is 6.72. The number of aryl methyl sites for hydroxylation is 1. The molecule has 0 saturated carbocycles. The zero-order valence-corrected chi connectivity index (χ0v) is 12.5. The van der Waals surface area contributed by atoms with E-state index in [4.69, 9.17) is 5.11 Å². The topological polar surface area (TPSA) is 92.5 Å². The van der Waals surface area contributed by atoms with E-state index in [9.17, 15) is 14.9 Å². The molecule has 2 aromatic rings. The molecule has 0 aromatic heterocycles. The monoisotopic (exact) mass is 350 g/mol. The van der Waals surface area contributed by atoms with Gasteiger partial charge in [-0.2, -0.15) is 0 Å². The Balaban J connectivity index is 2.48. The molecular weight excluding hydrogens is 340 g/mol. The average Bonchev–Trinajstić information content (AvgIpc) is 2.41. The lowest BCUT2D eigenvalue weighted by Crippen LogP contribution is -2.04. The molecule has 0 aliphatic carbocycles. The van der Waals surface area contributed by atoms with E-state index in [1.807, 2.05) is 13.0 Å². The Morgan fingerprint density at radius 2 is 1.95 bits per heavy atom. The number of nitro groups is 1. The number of hydrogen-bond acceptors (Lipinski definition) is 4. The van der Waals surface area contributed by atoms with Gasteiger partial charge in [0.15, 0.2) is 0 Å². The second-order valence-corrected chi connectivity index (χ2v) is 5.29. The Morgan fingerprint density at radius 3 is 2.52 bits per heavy atom. The van der Waals surface area contributed by atoms with Crippen molar-refractivity contribution in [3.05, 3.63) is 62.1 Å². The third-order valence-electron chi connectivity index (χ3n) is 2.90. The Morgan fingerprint density at radius 1 is 1.24 bits per heavy atom. The Labute approximate surface area is 128 Å². The second kappa shape index (κ2) is 5.92. The number of benzene rings is 2. The first-order chi connectivity index (χ1) is 9.88. The maximum Gasteiger partial charge on any atom is 0.337 e. The van der Waals surface area contributed by atoms with Gasteiger partial charge in [0.1, 0.15) is 0 Å². The molecule has 0 spiro atoms. The van der Waals surface area contributed by atoms with Crippen LogP contribution in [0.15, 0.2) is 40.9 Å². The molecule has 108 valence electrons. The lowest BCUT2D eigenvalue weighted by atomic mass is 10.1. The number of nitrogens with zero attached hydrogens (tertiary/aromatic N) is 1. The van der Waals surface area contributed by atoms with Crippen molar-refractivity contribution in [2.24, 2.45) is 0 Å².